The van der Waals surface area contributed by atoms with Crippen molar-refractivity contribution in [3.63, 3.8) is 0 Å². The highest BCUT2D eigenvalue weighted by Gasteiger charge is 2.05. The van der Waals surface area contributed by atoms with Crippen molar-refractivity contribution in [2.24, 2.45) is 0 Å². The summed E-state index contributed by atoms with van der Waals surface area (Å²) in [6, 6.07) is 9.72. The Bertz CT molecular complexity index is 599. The van der Waals surface area contributed by atoms with E-state index in [0.29, 0.717) is 19.4 Å². The van der Waals surface area contributed by atoms with Gasteiger partial charge in [0.15, 0.2) is 0 Å². The van der Waals surface area contributed by atoms with Gasteiger partial charge < -0.3 is 4.74 Å². The van der Waals surface area contributed by atoms with Gasteiger partial charge in [0, 0.05) is 29.7 Å². The lowest BCUT2D eigenvalue weighted by molar-refractivity contribution is -0.118. The first kappa shape index (κ1) is 14.7. The third-order valence-electron chi connectivity index (χ3n) is 2.80. The molecule has 0 aliphatic rings. The van der Waals surface area contributed by atoms with Crippen LogP contribution in [0.25, 0.3) is 0 Å². The molecular weight excluding hydrogens is 318 g/mol. The predicted octanol–water partition coefficient (Wildman–Crippen LogP) is 3.73. The molecule has 1 heterocycles. The molecule has 0 atom stereocenters. The van der Waals surface area contributed by atoms with Gasteiger partial charge in [0.25, 0.3) is 0 Å². The maximum atomic E-state index is 11.9. The molecule has 2 rings (SSSR count). The number of carbonyl (C=O) groups excluding carboxylic acids is 1. The van der Waals surface area contributed by atoms with Crippen LogP contribution in [0.1, 0.15) is 17.5 Å². The molecule has 0 bridgehead atoms. The molecule has 0 spiro atoms. The van der Waals surface area contributed by atoms with Gasteiger partial charge in [-0.2, -0.15) is 0 Å². The Morgan fingerprint density at radius 3 is 2.90 bits per heavy atom. The van der Waals surface area contributed by atoms with E-state index in [2.05, 4.69) is 20.9 Å². The molecule has 0 aliphatic heterocycles. The lowest BCUT2D eigenvalue weighted by Crippen LogP contribution is -2.09. The monoisotopic (exact) mass is 333 g/mol. The standard InChI is InChI=1S/C16H16BrNO2/c1-12-3-2-4-16(7-12)20-6-5-15(19)9-13-8-14(17)11-18-10-13/h2-4,7-8,10-11H,5-6,9H2,1H3. The lowest BCUT2D eigenvalue weighted by atomic mass is 10.1. The van der Waals surface area contributed by atoms with E-state index in [1.807, 2.05) is 37.3 Å². The summed E-state index contributed by atoms with van der Waals surface area (Å²) in [5.41, 5.74) is 2.06. The van der Waals surface area contributed by atoms with Crippen LogP contribution in [-0.2, 0) is 11.2 Å². The highest BCUT2D eigenvalue weighted by Crippen LogP contribution is 2.13. The van der Waals surface area contributed by atoms with E-state index in [9.17, 15) is 4.79 Å². The van der Waals surface area contributed by atoms with Gasteiger partial charge in [0.05, 0.1) is 6.61 Å². The molecule has 0 saturated carbocycles. The van der Waals surface area contributed by atoms with E-state index in [0.717, 1.165) is 21.3 Å². The fourth-order valence-electron chi connectivity index (χ4n) is 1.86. The van der Waals surface area contributed by atoms with Crippen LogP contribution in [-0.4, -0.2) is 17.4 Å². The van der Waals surface area contributed by atoms with Gasteiger partial charge in [-0.15, -0.1) is 0 Å². The first-order valence-electron chi connectivity index (χ1n) is 6.44. The second kappa shape index (κ2) is 7.20. The van der Waals surface area contributed by atoms with Crippen molar-refractivity contribution in [2.45, 2.75) is 19.8 Å². The van der Waals surface area contributed by atoms with Crippen molar-refractivity contribution in [2.75, 3.05) is 6.61 Å². The average Bonchev–Trinajstić information content (AvgIpc) is 2.38. The zero-order valence-corrected chi connectivity index (χ0v) is 12.9. The average molecular weight is 334 g/mol. The number of benzene rings is 1. The number of nitrogens with zero attached hydrogens (tertiary/aromatic N) is 1. The van der Waals surface area contributed by atoms with Gasteiger partial charge >= 0.3 is 0 Å². The topological polar surface area (TPSA) is 39.2 Å². The quantitative estimate of drug-likeness (QED) is 0.808. The lowest BCUT2D eigenvalue weighted by Gasteiger charge is -2.06. The Labute approximate surface area is 127 Å². The number of ether oxygens (including phenoxy) is 1. The molecule has 0 saturated heterocycles. The molecule has 0 unspecified atom stereocenters. The summed E-state index contributed by atoms with van der Waals surface area (Å²) in [6.45, 7) is 2.42. The van der Waals surface area contributed by atoms with Crippen molar-refractivity contribution < 1.29 is 9.53 Å². The van der Waals surface area contributed by atoms with E-state index in [4.69, 9.17) is 4.74 Å². The molecular formula is C16H16BrNO2. The Balaban J connectivity index is 1.78. The van der Waals surface area contributed by atoms with Crippen LogP contribution in [0.3, 0.4) is 0 Å². The molecule has 0 radical (unpaired) electrons. The number of halogens is 1. The number of pyridine rings is 1. The highest BCUT2D eigenvalue weighted by atomic mass is 79.9. The van der Waals surface area contributed by atoms with Gasteiger partial charge in [-0.3, -0.25) is 9.78 Å². The number of hydrogen-bond donors (Lipinski definition) is 0. The van der Waals surface area contributed by atoms with Crippen molar-refractivity contribution >= 4 is 21.7 Å². The summed E-state index contributed by atoms with van der Waals surface area (Å²) in [6.07, 6.45) is 4.21. The SMILES string of the molecule is Cc1cccc(OCCC(=O)Cc2cncc(Br)c2)c1. The largest absolute Gasteiger partial charge is 0.493 e. The fourth-order valence-corrected chi connectivity index (χ4v) is 2.27. The van der Waals surface area contributed by atoms with Crippen LogP contribution < -0.4 is 4.74 Å². The summed E-state index contributed by atoms with van der Waals surface area (Å²) in [5.74, 6) is 0.958. The highest BCUT2D eigenvalue weighted by molar-refractivity contribution is 9.10. The molecule has 1 aromatic carbocycles. The second-order valence-electron chi connectivity index (χ2n) is 4.64. The fraction of sp³-hybridized carbons (Fsp3) is 0.250. The number of ketones is 1. The van der Waals surface area contributed by atoms with Crippen molar-refractivity contribution in [1.82, 2.24) is 4.98 Å². The zero-order valence-electron chi connectivity index (χ0n) is 11.3. The summed E-state index contributed by atoms with van der Waals surface area (Å²) in [7, 11) is 0. The number of Topliss-reactive ketones (excluding diaryl/α,β-unsaturated/α-hetero) is 1. The van der Waals surface area contributed by atoms with E-state index in [1.54, 1.807) is 12.4 Å². The Kier molecular flexibility index (Phi) is 5.30. The van der Waals surface area contributed by atoms with Crippen LogP contribution in [0.4, 0.5) is 0 Å². The second-order valence-corrected chi connectivity index (χ2v) is 5.56. The Morgan fingerprint density at radius 2 is 2.15 bits per heavy atom. The number of hydrogen-bond acceptors (Lipinski definition) is 3. The molecule has 0 amide bonds. The molecule has 4 heteroatoms. The van der Waals surface area contributed by atoms with E-state index in [1.165, 1.54) is 0 Å². The van der Waals surface area contributed by atoms with Gasteiger partial charge in [-0.05, 0) is 52.2 Å². The first-order chi connectivity index (χ1) is 9.63. The zero-order chi connectivity index (χ0) is 14.4. The van der Waals surface area contributed by atoms with Crippen LogP contribution >= 0.6 is 15.9 Å². The molecule has 0 fully saturated rings. The molecule has 2 aromatic rings. The Morgan fingerprint density at radius 1 is 1.30 bits per heavy atom. The molecule has 0 N–H and O–H groups in total. The van der Waals surface area contributed by atoms with E-state index in [-0.39, 0.29) is 5.78 Å². The van der Waals surface area contributed by atoms with Crippen LogP contribution in [0.5, 0.6) is 5.75 Å². The van der Waals surface area contributed by atoms with Gasteiger partial charge in [-0.25, -0.2) is 0 Å². The number of aryl methyl sites for hydroxylation is 1. The van der Waals surface area contributed by atoms with Crippen molar-refractivity contribution in [3.05, 3.63) is 58.3 Å². The Hall–Kier alpha value is -1.68. The summed E-state index contributed by atoms with van der Waals surface area (Å²) in [4.78, 5) is 15.9. The van der Waals surface area contributed by atoms with Crippen LogP contribution in [0, 0.1) is 6.92 Å². The van der Waals surface area contributed by atoms with Gasteiger partial charge in [0.2, 0.25) is 0 Å². The summed E-state index contributed by atoms with van der Waals surface area (Å²) < 4.78 is 6.46. The third kappa shape index (κ3) is 4.78. The van der Waals surface area contributed by atoms with E-state index < -0.39 is 0 Å². The predicted molar refractivity (Wildman–Crippen MR) is 81.9 cm³/mol. The smallest absolute Gasteiger partial charge is 0.140 e. The number of carbonyl (C=O) groups is 1. The summed E-state index contributed by atoms with van der Waals surface area (Å²) in [5, 5.41) is 0. The molecule has 104 valence electrons. The van der Waals surface area contributed by atoms with Crippen LogP contribution in [0.2, 0.25) is 0 Å². The van der Waals surface area contributed by atoms with E-state index >= 15 is 0 Å². The third-order valence-corrected chi connectivity index (χ3v) is 3.24. The number of rotatable bonds is 6. The molecule has 3 nitrogen and oxygen atoms in total. The van der Waals surface area contributed by atoms with Crippen molar-refractivity contribution in [3.8, 4) is 5.75 Å². The summed E-state index contributed by atoms with van der Waals surface area (Å²) >= 11 is 3.34. The number of aromatic nitrogens is 1. The van der Waals surface area contributed by atoms with Gasteiger partial charge in [-0.1, -0.05) is 12.1 Å². The maximum Gasteiger partial charge on any atom is 0.140 e. The van der Waals surface area contributed by atoms with Crippen LogP contribution in [0.15, 0.2) is 47.2 Å². The molecule has 0 aliphatic carbocycles. The molecule has 20 heavy (non-hydrogen) atoms. The minimum atomic E-state index is 0.151. The minimum Gasteiger partial charge on any atom is -0.493 e. The van der Waals surface area contributed by atoms with Gasteiger partial charge in [0.1, 0.15) is 11.5 Å². The van der Waals surface area contributed by atoms with Crippen molar-refractivity contribution in [1.29, 1.82) is 0 Å². The first-order valence-corrected chi connectivity index (χ1v) is 7.23. The minimum absolute atomic E-state index is 0.151. The maximum absolute atomic E-state index is 11.9. The normalized spacial score (nSPS) is 10.3. The molecule has 1 aromatic heterocycles.